The van der Waals surface area contributed by atoms with Gasteiger partial charge in [-0.15, -0.1) is 0 Å². The number of amides is 4. The van der Waals surface area contributed by atoms with Crippen LogP contribution < -0.4 is 19.7 Å². The topological polar surface area (TPSA) is 124 Å². The smallest absolute Gasteiger partial charge is 0.373 e. The Labute approximate surface area is 212 Å². The van der Waals surface area contributed by atoms with Crippen molar-refractivity contribution in [3.8, 4) is 11.5 Å². The number of nitrogens with one attached hydrogen (secondary N) is 1. The van der Waals surface area contributed by atoms with E-state index < -0.39 is 23.8 Å². The fourth-order valence-electron chi connectivity index (χ4n) is 3.63. The number of carbonyl (C=O) groups is 4. The summed E-state index contributed by atoms with van der Waals surface area (Å²) in [5.74, 6) is -0.982. The minimum atomic E-state index is -0.815. The van der Waals surface area contributed by atoms with Crippen molar-refractivity contribution in [2.24, 2.45) is 0 Å². The van der Waals surface area contributed by atoms with Gasteiger partial charge >= 0.3 is 12.0 Å². The second-order valence-corrected chi connectivity index (χ2v) is 8.18. The van der Waals surface area contributed by atoms with Crippen LogP contribution >= 0.6 is 0 Å². The van der Waals surface area contributed by atoms with Crippen LogP contribution in [0.1, 0.15) is 33.0 Å². The molecule has 1 aromatic heterocycles. The largest absolute Gasteiger partial charge is 0.493 e. The van der Waals surface area contributed by atoms with Crippen molar-refractivity contribution in [1.29, 1.82) is 0 Å². The molecule has 0 spiro atoms. The third-order valence-electron chi connectivity index (χ3n) is 5.77. The van der Waals surface area contributed by atoms with E-state index in [9.17, 15) is 19.2 Å². The molecule has 0 bridgehead atoms. The number of aryl methyl sites for hydroxylation is 2. The van der Waals surface area contributed by atoms with Crippen molar-refractivity contribution in [3.05, 3.63) is 82.3 Å². The summed E-state index contributed by atoms with van der Waals surface area (Å²) in [5.41, 5.74) is 2.53. The number of carbonyl (C=O) groups excluding carboxylic acids is 4. The number of hydrogen-bond donors (Lipinski definition) is 1. The zero-order chi connectivity index (χ0) is 26.7. The highest BCUT2D eigenvalue weighted by atomic mass is 16.5. The van der Waals surface area contributed by atoms with E-state index in [1.807, 2.05) is 13.8 Å². The molecule has 0 radical (unpaired) electrons. The molecule has 2 aromatic carbocycles. The van der Waals surface area contributed by atoms with Gasteiger partial charge in [0.25, 0.3) is 11.8 Å². The van der Waals surface area contributed by atoms with Gasteiger partial charge in [-0.25, -0.2) is 14.5 Å². The lowest BCUT2D eigenvalue weighted by Crippen LogP contribution is -2.54. The maximum absolute atomic E-state index is 13.2. The quantitative estimate of drug-likeness (QED) is 0.292. The number of ether oxygens (including phenoxy) is 3. The molecule has 4 rings (SSSR count). The number of esters is 1. The molecular formula is C27H24N2O8. The predicted molar refractivity (Wildman–Crippen MR) is 132 cm³/mol. The first kappa shape index (κ1) is 25.2. The van der Waals surface area contributed by atoms with Crippen molar-refractivity contribution < 1.29 is 37.8 Å². The summed E-state index contributed by atoms with van der Waals surface area (Å²) >= 11 is 0. The number of benzene rings is 2. The normalized spacial score (nSPS) is 14.5. The van der Waals surface area contributed by atoms with Gasteiger partial charge in [-0.1, -0.05) is 12.1 Å². The first-order valence-electron chi connectivity index (χ1n) is 11.2. The molecule has 1 aliphatic rings. The van der Waals surface area contributed by atoms with E-state index in [-0.39, 0.29) is 17.9 Å². The number of urea groups is 1. The molecule has 190 valence electrons. The number of imide groups is 2. The van der Waals surface area contributed by atoms with E-state index in [2.05, 4.69) is 10.1 Å². The Balaban J connectivity index is 1.56. The molecule has 2 heterocycles. The van der Waals surface area contributed by atoms with Crippen LogP contribution in [-0.4, -0.2) is 38.0 Å². The first-order chi connectivity index (χ1) is 17.7. The standard InChI is InChI=1S/C27H24N2O8/c1-15-5-7-18(11-16(15)2)29-25(31)20(24(30)28-27(29)33)12-17-6-9-21(23(13-17)34-3)36-14-19-8-10-22(37-19)26(32)35-4/h5-13H,14H2,1-4H3,(H,28,30,33). The molecule has 37 heavy (non-hydrogen) atoms. The minimum Gasteiger partial charge on any atom is -0.493 e. The number of nitrogens with zero attached hydrogens (tertiary/aromatic N) is 1. The Morgan fingerprint density at radius 1 is 0.973 bits per heavy atom. The van der Waals surface area contributed by atoms with E-state index in [0.29, 0.717) is 28.5 Å². The first-order valence-corrected chi connectivity index (χ1v) is 11.2. The van der Waals surface area contributed by atoms with Crippen molar-refractivity contribution in [2.75, 3.05) is 19.1 Å². The Kier molecular flexibility index (Phi) is 7.10. The summed E-state index contributed by atoms with van der Waals surface area (Å²) in [4.78, 5) is 50.6. The summed E-state index contributed by atoms with van der Waals surface area (Å²) in [5, 5.41) is 2.21. The van der Waals surface area contributed by atoms with Crippen LogP contribution in [0, 0.1) is 13.8 Å². The van der Waals surface area contributed by atoms with Gasteiger partial charge in [0.15, 0.2) is 11.5 Å². The molecule has 0 atom stereocenters. The summed E-state index contributed by atoms with van der Waals surface area (Å²) in [7, 11) is 2.70. The summed E-state index contributed by atoms with van der Waals surface area (Å²) in [6.07, 6.45) is 1.37. The maximum atomic E-state index is 13.2. The molecule has 1 saturated heterocycles. The maximum Gasteiger partial charge on any atom is 0.373 e. The fraction of sp³-hybridized carbons (Fsp3) is 0.185. The lowest BCUT2D eigenvalue weighted by Gasteiger charge is -2.26. The van der Waals surface area contributed by atoms with Crippen LogP contribution in [0.5, 0.6) is 11.5 Å². The minimum absolute atomic E-state index is 0.0156. The van der Waals surface area contributed by atoms with Crippen LogP contribution in [0.15, 0.2) is 58.5 Å². The summed E-state index contributed by atoms with van der Waals surface area (Å²) in [6.45, 7) is 3.80. The van der Waals surface area contributed by atoms with Gasteiger partial charge in [-0.2, -0.15) is 0 Å². The lowest BCUT2D eigenvalue weighted by atomic mass is 10.0. The van der Waals surface area contributed by atoms with Crippen molar-refractivity contribution in [1.82, 2.24) is 5.32 Å². The monoisotopic (exact) mass is 504 g/mol. The van der Waals surface area contributed by atoms with Crippen LogP contribution in [0.2, 0.25) is 0 Å². The van der Waals surface area contributed by atoms with Gasteiger partial charge in [-0.3, -0.25) is 14.9 Å². The van der Waals surface area contributed by atoms with Crippen LogP contribution in [-0.2, 0) is 20.9 Å². The van der Waals surface area contributed by atoms with E-state index in [1.54, 1.807) is 42.5 Å². The van der Waals surface area contributed by atoms with E-state index in [0.717, 1.165) is 16.0 Å². The molecule has 10 heteroatoms. The van der Waals surface area contributed by atoms with Gasteiger partial charge in [0.05, 0.1) is 19.9 Å². The zero-order valence-electron chi connectivity index (χ0n) is 20.6. The number of rotatable bonds is 7. The molecule has 0 saturated carbocycles. The van der Waals surface area contributed by atoms with Gasteiger partial charge in [-0.05, 0) is 73.0 Å². The molecule has 1 fully saturated rings. The van der Waals surface area contributed by atoms with E-state index >= 15 is 0 Å². The van der Waals surface area contributed by atoms with Gasteiger partial charge in [0.2, 0.25) is 5.76 Å². The number of methoxy groups -OCH3 is 2. The number of barbiturate groups is 1. The lowest BCUT2D eigenvalue weighted by molar-refractivity contribution is -0.122. The predicted octanol–water partition coefficient (Wildman–Crippen LogP) is 3.94. The second kappa shape index (κ2) is 10.4. The average Bonchev–Trinajstić information content (AvgIpc) is 3.36. The highest BCUT2D eigenvalue weighted by molar-refractivity contribution is 6.39. The zero-order valence-corrected chi connectivity index (χ0v) is 20.6. The van der Waals surface area contributed by atoms with E-state index in [1.165, 1.54) is 26.4 Å². The third kappa shape index (κ3) is 5.22. The van der Waals surface area contributed by atoms with Gasteiger partial charge in [0, 0.05) is 0 Å². The number of anilines is 1. The van der Waals surface area contributed by atoms with Crippen molar-refractivity contribution in [2.45, 2.75) is 20.5 Å². The van der Waals surface area contributed by atoms with Crippen molar-refractivity contribution >= 4 is 35.6 Å². The van der Waals surface area contributed by atoms with Gasteiger partial charge in [0.1, 0.15) is 17.9 Å². The molecule has 0 unspecified atom stereocenters. The average molecular weight is 504 g/mol. The van der Waals surface area contributed by atoms with E-state index in [4.69, 9.17) is 13.9 Å². The summed E-state index contributed by atoms with van der Waals surface area (Å²) < 4.78 is 21.1. The Bertz CT molecular complexity index is 1440. The third-order valence-corrected chi connectivity index (χ3v) is 5.77. The number of furan rings is 1. The van der Waals surface area contributed by atoms with Crippen LogP contribution in [0.4, 0.5) is 10.5 Å². The highest BCUT2D eigenvalue weighted by Crippen LogP contribution is 2.31. The molecule has 10 nitrogen and oxygen atoms in total. The summed E-state index contributed by atoms with van der Waals surface area (Å²) in [6, 6.07) is 12.2. The SMILES string of the molecule is COC(=O)c1ccc(COc2ccc(C=C3C(=O)NC(=O)N(c4ccc(C)c(C)c4)C3=O)cc2OC)o1. The molecule has 1 N–H and O–H groups in total. The second-order valence-electron chi connectivity index (χ2n) is 8.18. The Morgan fingerprint density at radius 2 is 1.76 bits per heavy atom. The molecular weight excluding hydrogens is 480 g/mol. The van der Waals surface area contributed by atoms with Gasteiger partial charge < -0.3 is 18.6 Å². The van der Waals surface area contributed by atoms with Crippen LogP contribution in [0.25, 0.3) is 6.08 Å². The fourth-order valence-corrected chi connectivity index (χ4v) is 3.63. The molecule has 3 aromatic rings. The highest BCUT2D eigenvalue weighted by Gasteiger charge is 2.37. The molecule has 1 aliphatic heterocycles. The van der Waals surface area contributed by atoms with Crippen LogP contribution in [0.3, 0.4) is 0 Å². The molecule has 0 aliphatic carbocycles. The Hall–Kier alpha value is -4.86. The Morgan fingerprint density at radius 3 is 2.46 bits per heavy atom. The number of hydrogen-bond acceptors (Lipinski definition) is 8. The van der Waals surface area contributed by atoms with Crippen molar-refractivity contribution in [3.63, 3.8) is 0 Å². The molecule has 4 amide bonds.